The molecule has 1 aromatic heterocycles. The molecule has 2 nitrogen and oxygen atoms in total. The van der Waals surface area contributed by atoms with Gasteiger partial charge in [0.05, 0.1) is 11.0 Å². The Bertz CT molecular complexity index is 2510. The molecule has 0 atom stereocenters. The van der Waals surface area contributed by atoms with Gasteiger partial charge in [0, 0.05) is 38.9 Å². The lowest BCUT2D eigenvalue weighted by Gasteiger charge is -2.27. The fourth-order valence-corrected chi connectivity index (χ4v) is 8.12. The Morgan fingerprint density at radius 3 is 1.56 bits per heavy atom. The third kappa shape index (κ3) is 4.78. The van der Waals surface area contributed by atoms with Crippen molar-refractivity contribution < 1.29 is 0 Å². The Labute approximate surface area is 294 Å². The molecule has 242 valence electrons. The maximum Gasteiger partial charge on any atom is 0.0541 e. The number of fused-ring (bicyclic) bond motifs is 6. The molecule has 2 heteroatoms. The zero-order valence-corrected chi connectivity index (χ0v) is 29.3. The summed E-state index contributed by atoms with van der Waals surface area (Å²) in [6, 6.07) is 56.3. The molecule has 0 N–H and O–H groups in total. The smallest absolute Gasteiger partial charge is 0.0541 e. The van der Waals surface area contributed by atoms with Crippen LogP contribution in [-0.2, 0) is 5.41 Å². The zero-order chi connectivity index (χ0) is 34.1. The monoisotopic (exact) mass is 644 g/mol. The Balaban J connectivity index is 1.09. The number of rotatable bonds is 5. The van der Waals surface area contributed by atoms with Crippen molar-refractivity contribution in [3.05, 3.63) is 179 Å². The van der Waals surface area contributed by atoms with Gasteiger partial charge in [-0.05, 0) is 127 Å². The average molecular weight is 645 g/mol. The molecule has 7 aromatic carbocycles. The highest BCUT2D eigenvalue weighted by molar-refractivity contribution is 6.09. The van der Waals surface area contributed by atoms with E-state index in [-0.39, 0.29) is 5.41 Å². The molecule has 9 rings (SSSR count). The second-order valence-corrected chi connectivity index (χ2v) is 14.5. The summed E-state index contributed by atoms with van der Waals surface area (Å²) in [4.78, 5) is 2.38. The van der Waals surface area contributed by atoms with Crippen LogP contribution >= 0.6 is 0 Å². The van der Waals surface area contributed by atoms with Crippen LogP contribution < -0.4 is 4.90 Å². The van der Waals surface area contributed by atoms with E-state index in [2.05, 4.69) is 196 Å². The van der Waals surface area contributed by atoms with Crippen molar-refractivity contribution in [1.29, 1.82) is 0 Å². The molecule has 0 bridgehead atoms. The number of anilines is 3. The molecule has 0 unspecified atom stereocenters. The first-order chi connectivity index (χ1) is 24.3. The van der Waals surface area contributed by atoms with Crippen LogP contribution in [0, 0.1) is 20.8 Å². The lowest BCUT2D eigenvalue weighted by atomic mass is 9.82. The van der Waals surface area contributed by atoms with Crippen molar-refractivity contribution in [2.75, 3.05) is 4.90 Å². The molecule has 0 saturated carbocycles. The Morgan fingerprint density at radius 1 is 0.440 bits per heavy atom. The van der Waals surface area contributed by atoms with E-state index in [0.29, 0.717) is 0 Å². The highest BCUT2D eigenvalue weighted by Gasteiger charge is 2.35. The van der Waals surface area contributed by atoms with E-state index >= 15 is 0 Å². The topological polar surface area (TPSA) is 8.17 Å². The number of aryl methyl sites for hydroxylation is 3. The summed E-state index contributed by atoms with van der Waals surface area (Å²) >= 11 is 0. The second kappa shape index (κ2) is 11.4. The van der Waals surface area contributed by atoms with E-state index in [1.807, 2.05) is 0 Å². The standard InChI is InChI=1S/C48H40N2/c1-31-10-18-36(19-11-31)49(39-24-25-45-41(30-39)40-8-6-7-9-44(40)48(45,4)5)37-20-14-34(15-21-37)35-16-22-38(23-17-35)50-46-26-12-32(2)28-42(46)43-29-33(3)13-27-47(43)50/h6-30H,1-5H3. The Kier molecular flexibility index (Phi) is 6.86. The molecule has 8 aromatic rings. The quantitative estimate of drug-likeness (QED) is 0.181. The fraction of sp³-hybridized carbons (Fsp3) is 0.125. The van der Waals surface area contributed by atoms with Gasteiger partial charge in [-0.1, -0.05) is 109 Å². The van der Waals surface area contributed by atoms with Gasteiger partial charge in [0.2, 0.25) is 0 Å². The van der Waals surface area contributed by atoms with E-state index in [4.69, 9.17) is 0 Å². The highest BCUT2D eigenvalue weighted by Crippen LogP contribution is 2.50. The maximum absolute atomic E-state index is 2.39. The third-order valence-electron chi connectivity index (χ3n) is 10.8. The average Bonchev–Trinajstić information content (AvgIpc) is 3.57. The van der Waals surface area contributed by atoms with Gasteiger partial charge < -0.3 is 9.47 Å². The van der Waals surface area contributed by atoms with Crippen LogP contribution in [0.25, 0.3) is 49.7 Å². The molecule has 0 radical (unpaired) electrons. The highest BCUT2D eigenvalue weighted by atomic mass is 15.1. The van der Waals surface area contributed by atoms with Crippen LogP contribution in [0.4, 0.5) is 17.1 Å². The van der Waals surface area contributed by atoms with Crippen molar-refractivity contribution in [2.24, 2.45) is 0 Å². The number of nitrogens with zero attached hydrogens (tertiary/aromatic N) is 2. The minimum Gasteiger partial charge on any atom is -0.310 e. The molecular weight excluding hydrogens is 605 g/mol. The molecule has 0 saturated heterocycles. The van der Waals surface area contributed by atoms with Crippen molar-refractivity contribution in [2.45, 2.75) is 40.0 Å². The summed E-state index contributed by atoms with van der Waals surface area (Å²) in [5, 5.41) is 2.61. The van der Waals surface area contributed by atoms with Gasteiger partial charge in [0.1, 0.15) is 0 Å². The van der Waals surface area contributed by atoms with Gasteiger partial charge in [-0.25, -0.2) is 0 Å². The molecule has 0 amide bonds. The van der Waals surface area contributed by atoms with E-state index in [0.717, 1.165) is 17.1 Å². The molecule has 1 heterocycles. The summed E-state index contributed by atoms with van der Waals surface area (Å²) in [5.74, 6) is 0. The fourth-order valence-electron chi connectivity index (χ4n) is 8.12. The van der Waals surface area contributed by atoms with Crippen molar-refractivity contribution in [3.8, 4) is 27.9 Å². The van der Waals surface area contributed by atoms with Crippen molar-refractivity contribution in [3.63, 3.8) is 0 Å². The van der Waals surface area contributed by atoms with Crippen molar-refractivity contribution >= 4 is 38.9 Å². The minimum atomic E-state index is -0.0179. The van der Waals surface area contributed by atoms with Crippen LogP contribution in [0.5, 0.6) is 0 Å². The van der Waals surface area contributed by atoms with Crippen LogP contribution in [-0.4, -0.2) is 4.57 Å². The largest absolute Gasteiger partial charge is 0.310 e. The lowest BCUT2D eigenvalue weighted by molar-refractivity contribution is 0.660. The van der Waals surface area contributed by atoms with Gasteiger partial charge in [-0.2, -0.15) is 0 Å². The first-order valence-electron chi connectivity index (χ1n) is 17.6. The van der Waals surface area contributed by atoms with E-state index in [1.54, 1.807) is 0 Å². The molecular formula is C48H40N2. The zero-order valence-electron chi connectivity index (χ0n) is 29.3. The number of hydrogen-bond donors (Lipinski definition) is 0. The summed E-state index contributed by atoms with van der Waals surface area (Å²) in [6.45, 7) is 11.2. The maximum atomic E-state index is 2.39. The molecule has 0 spiro atoms. The van der Waals surface area contributed by atoms with Crippen LogP contribution in [0.2, 0.25) is 0 Å². The molecule has 1 aliphatic carbocycles. The summed E-state index contributed by atoms with van der Waals surface area (Å²) < 4.78 is 2.39. The normalized spacial score (nSPS) is 13.1. The Hall–Kier alpha value is -5.86. The van der Waals surface area contributed by atoms with Gasteiger partial charge in [0.25, 0.3) is 0 Å². The van der Waals surface area contributed by atoms with E-state index in [9.17, 15) is 0 Å². The van der Waals surface area contributed by atoms with E-state index < -0.39 is 0 Å². The molecule has 1 aliphatic rings. The number of benzene rings is 7. The molecule has 0 aliphatic heterocycles. The minimum absolute atomic E-state index is 0.0179. The van der Waals surface area contributed by atoms with Gasteiger partial charge in [-0.15, -0.1) is 0 Å². The molecule has 0 fully saturated rings. The lowest BCUT2D eigenvalue weighted by Crippen LogP contribution is -2.15. The SMILES string of the molecule is Cc1ccc(N(c2ccc(-c3ccc(-n4c5ccc(C)cc5c5cc(C)ccc54)cc3)cc2)c2ccc3c(c2)-c2ccccc2C3(C)C)cc1. The van der Waals surface area contributed by atoms with Crippen LogP contribution in [0.3, 0.4) is 0 Å². The molecule has 50 heavy (non-hydrogen) atoms. The van der Waals surface area contributed by atoms with Crippen molar-refractivity contribution in [1.82, 2.24) is 4.57 Å². The summed E-state index contributed by atoms with van der Waals surface area (Å²) in [7, 11) is 0. The summed E-state index contributed by atoms with van der Waals surface area (Å²) in [6.07, 6.45) is 0. The van der Waals surface area contributed by atoms with Gasteiger partial charge >= 0.3 is 0 Å². The summed E-state index contributed by atoms with van der Waals surface area (Å²) in [5.41, 5.74) is 18.7. The first-order valence-corrected chi connectivity index (χ1v) is 17.6. The predicted molar refractivity (Wildman–Crippen MR) is 213 cm³/mol. The van der Waals surface area contributed by atoms with Gasteiger partial charge in [-0.3, -0.25) is 0 Å². The van der Waals surface area contributed by atoms with Crippen LogP contribution in [0.1, 0.15) is 41.7 Å². The second-order valence-electron chi connectivity index (χ2n) is 14.5. The first kappa shape index (κ1) is 30.2. The van der Waals surface area contributed by atoms with Crippen LogP contribution in [0.15, 0.2) is 152 Å². The third-order valence-corrected chi connectivity index (χ3v) is 10.8. The number of hydrogen-bond acceptors (Lipinski definition) is 1. The van der Waals surface area contributed by atoms with E-state index in [1.165, 1.54) is 77.6 Å². The number of aromatic nitrogens is 1. The van der Waals surface area contributed by atoms with Gasteiger partial charge in [0.15, 0.2) is 0 Å². The Morgan fingerprint density at radius 2 is 0.940 bits per heavy atom. The predicted octanol–water partition coefficient (Wildman–Crippen LogP) is 13.2.